The number of benzene rings is 2. The van der Waals surface area contributed by atoms with Gasteiger partial charge in [-0.05, 0) is 46.8 Å². The molecular weight excluding hydrogens is 367 g/mol. The third-order valence-corrected chi connectivity index (χ3v) is 4.50. The van der Waals surface area contributed by atoms with E-state index in [9.17, 15) is 9.50 Å². The van der Waals surface area contributed by atoms with Gasteiger partial charge >= 0.3 is 0 Å². The maximum absolute atomic E-state index is 13.5. The van der Waals surface area contributed by atoms with Crippen LogP contribution in [-0.2, 0) is 0 Å². The SMILES string of the molecule is O[C@@H](COc1ccccc1F)CSc1nnnn1-c1ccc(Cl)cc1. The van der Waals surface area contributed by atoms with Crippen LogP contribution in [0.15, 0.2) is 53.7 Å². The van der Waals surface area contributed by atoms with Crippen molar-refractivity contribution in [1.29, 1.82) is 0 Å². The molecule has 0 saturated heterocycles. The molecular formula is C16H14ClFN4O2S. The molecule has 0 saturated carbocycles. The maximum Gasteiger partial charge on any atom is 0.214 e. The lowest BCUT2D eigenvalue weighted by Crippen LogP contribution is -2.20. The lowest BCUT2D eigenvalue weighted by Gasteiger charge is -2.12. The van der Waals surface area contributed by atoms with E-state index in [2.05, 4.69) is 15.5 Å². The summed E-state index contributed by atoms with van der Waals surface area (Å²) >= 11 is 7.14. The highest BCUT2D eigenvalue weighted by Gasteiger charge is 2.13. The fraction of sp³-hybridized carbons (Fsp3) is 0.188. The Morgan fingerprint density at radius 2 is 1.96 bits per heavy atom. The van der Waals surface area contributed by atoms with E-state index in [0.717, 1.165) is 5.69 Å². The monoisotopic (exact) mass is 380 g/mol. The molecule has 0 radical (unpaired) electrons. The molecule has 6 nitrogen and oxygen atoms in total. The third kappa shape index (κ3) is 4.68. The molecule has 3 rings (SSSR count). The van der Waals surface area contributed by atoms with Crippen molar-refractivity contribution in [2.24, 2.45) is 0 Å². The summed E-state index contributed by atoms with van der Waals surface area (Å²) in [6.07, 6.45) is -0.806. The molecule has 25 heavy (non-hydrogen) atoms. The summed E-state index contributed by atoms with van der Waals surface area (Å²) in [6, 6.07) is 13.1. The number of tetrazole rings is 1. The molecule has 2 aromatic carbocycles. The van der Waals surface area contributed by atoms with Gasteiger partial charge in [-0.2, -0.15) is 4.68 Å². The smallest absolute Gasteiger partial charge is 0.214 e. The van der Waals surface area contributed by atoms with Crippen molar-refractivity contribution in [3.05, 3.63) is 59.4 Å². The number of aliphatic hydroxyl groups is 1. The number of hydrogen-bond acceptors (Lipinski definition) is 6. The van der Waals surface area contributed by atoms with Gasteiger partial charge in [0.1, 0.15) is 6.61 Å². The van der Waals surface area contributed by atoms with Gasteiger partial charge in [-0.25, -0.2) is 4.39 Å². The second-order valence-corrected chi connectivity index (χ2v) is 6.48. The molecule has 1 atom stereocenters. The quantitative estimate of drug-likeness (QED) is 0.635. The molecule has 1 N–H and O–H groups in total. The number of rotatable bonds is 7. The van der Waals surface area contributed by atoms with Gasteiger partial charge in [0, 0.05) is 10.8 Å². The van der Waals surface area contributed by atoms with Crippen LogP contribution >= 0.6 is 23.4 Å². The minimum Gasteiger partial charge on any atom is -0.488 e. The Kier molecular flexibility index (Phi) is 5.85. The Labute approximate surface area is 152 Å². The Hall–Kier alpha value is -2.16. The van der Waals surface area contributed by atoms with E-state index in [1.165, 1.54) is 23.9 Å². The van der Waals surface area contributed by atoms with Gasteiger partial charge in [0.25, 0.3) is 0 Å². The number of ether oxygens (including phenoxy) is 1. The Morgan fingerprint density at radius 1 is 1.20 bits per heavy atom. The van der Waals surface area contributed by atoms with Gasteiger partial charge in [0.05, 0.1) is 11.8 Å². The summed E-state index contributed by atoms with van der Waals surface area (Å²) in [4.78, 5) is 0. The van der Waals surface area contributed by atoms with Crippen LogP contribution < -0.4 is 4.74 Å². The van der Waals surface area contributed by atoms with Crippen LogP contribution in [0.4, 0.5) is 4.39 Å². The van der Waals surface area contributed by atoms with E-state index < -0.39 is 11.9 Å². The average molecular weight is 381 g/mol. The Bertz CT molecular complexity index is 831. The molecule has 3 aromatic rings. The highest BCUT2D eigenvalue weighted by molar-refractivity contribution is 7.99. The van der Waals surface area contributed by atoms with Crippen LogP contribution in [0, 0.1) is 5.82 Å². The van der Waals surface area contributed by atoms with E-state index in [1.54, 1.807) is 41.1 Å². The molecule has 0 unspecified atom stereocenters. The minimum absolute atomic E-state index is 0.0313. The number of hydrogen-bond donors (Lipinski definition) is 1. The first kappa shape index (κ1) is 17.7. The van der Waals surface area contributed by atoms with Crippen LogP contribution in [0.2, 0.25) is 5.02 Å². The van der Waals surface area contributed by atoms with Gasteiger partial charge in [0.2, 0.25) is 5.16 Å². The molecule has 1 heterocycles. The zero-order valence-electron chi connectivity index (χ0n) is 12.9. The van der Waals surface area contributed by atoms with E-state index in [-0.39, 0.29) is 12.4 Å². The van der Waals surface area contributed by atoms with Gasteiger partial charge in [-0.1, -0.05) is 35.5 Å². The van der Waals surface area contributed by atoms with Crippen molar-refractivity contribution >= 4 is 23.4 Å². The summed E-state index contributed by atoms with van der Waals surface area (Å²) in [5.74, 6) is -0.0610. The van der Waals surface area contributed by atoms with Gasteiger partial charge in [-0.3, -0.25) is 0 Å². The van der Waals surface area contributed by atoms with Gasteiger partial charge < -0.3 is 9.84 Å². The Balaban J connectivity index is 1.56. The molecule has 0 aliphatic heterocycles. The summed E-state index contributed by atoms with van der Waals surface area (Å²) in [5.41, 5.74) is 0.758. The first-order chi connectivity index (χ1) is 12.1. The first-order valence-corrected chi connectivity index (χ1v) is 8.72. The second-order valence-electron chi connectivity index (χ2n) is 5.06. The van der Waals surface area contributed by atoms with Crippen LogP contribution in [0.5, 0.6) is 5.75 Å². The lowest BCUT2D eigenvalue weighted by molar-refractivity contribution is 0.123. The minimum atomic E-state index is -0.806. The maximum atomic E-state index is 13.5. The largest absolute Gasteiger partial charge is 0.488 e. The highest BCUT2D eigenvalue weighted by Crippen LogP contribution is 2.21. The van der Waals surface area contributed by atoms with E-state index in [0.29, 0.717) is 15.9 Å². The Morgan fingerprint density at radius 3 is 2.72 bits per heavy atom. The number of aromatic nitrogens is 4. The van der Waals surface area contributed by atoms with E-state index >= 15 is 0 Å². The predicted molar refractivity (Wildman–Crippen MR) is 92.8 cm³/mol. The topological polar surface area (TPSA) is 73.1 Å². The van der Waals surface area contributed by atoms with Gasteiger partial charge in [-0.15, -0.1) is 5.10 Å². The molecule has 0 aliphatic carbocycles. The molecule has 0 bridgehead atoms. The average Bonchev–Trinajstić information content (AvgIpc) is 3.08. The molecule has 0 aliphatic rings. The number of para-hydroxylation sites is 1. The molecule has 0 spiro atoms. The number of aliphatic hydroxyl groups excluding tert-OH is 1. The fourth-order valence-electron chi connectivity index (χ4n) is 1.98. The summed E-state index contributed by atoms with van der Waals surface area (Å²) in [7, 11) is 0. The van der Waals surface area contributed by atoms with Crippen LogP contribution in [0.25, 0.3) is 5.69 Å². The fourth-order valence-corrected chi connectivity index (χ4v) is 2.90. The number of halogens is 2. The molecule has 130 valence electrons. The van der Waals surface area contributed by atoms with Crippen LogP contribution in [-0.4, -0.2) is 43.8 Å². The lowest BCUT2D eigenvalue weighted by atomic mass is 10.3. The number of nitrogens with zero attached hydrogens (tertiary/aromatic N) is 4. The molecule has 0 fully saturated rings. The van der Waals surface area contributed by atoms with Crippen molar-refractivity contribution in [3.63, 3.8) is 0 Å². The zero-order chi connectivity index (χ0) is 17.6. The normalized spacial score (nSPS) is 12.1. The summed E-state index contributed by atoms with van der Waals surface area (Å²) in [6.45, 7) is -0.0313. The van der Waals surface area contributed by atoms with Crippen molar-refractivity contribution in [2.45, 2.75) is 11.3 Å². The van der Waals surface area contributed by atoms with E-state index in [4.69, 9.17) is 16.3 Å². The first-order valence-electron chi connectivity index (χ1n) is 7.36. The second kappa shape index (κ2) is 8.28. The van der Waals surface area contributed by atoms with Crippen LogP contribution in [0.3, 0.4) is 0 Å². The third-order valence-electron chi connectivity index (χ3n) is 3.18. The number of thioether (sulfide) groups is 1. The van der Waals surface area contributed by atoms with Crippen molar-refractivity contribution in [3.8, 4) is 11.4 Å². The van der Waals surface area contributed by atoms with Crippen molar-refractivity contribution in [1.82, 2.24) is 20.2 Å². The molecule has 1 aromatic heterocycles. The highest BCUT2D eigenvalue weighted by atomic mass is 35.5. The summed E-state index contributed by atoms with van der Waals surface area (Å²) in [5, 5.41) is 22.7. The van der Waals surface area contributed by atoms with E-state index in [1.807, 2.05) is 0 Å². The van der Waals surface area contributed by atoms with Crippen molar-refractivity contribution in [2.75, 3.05) is 12.4 Å². The van der Waals surface area contributed by atoms with Crippen molar-refractivity contribution < 1.29 is 14.2 Å². The van der Waals surface area contributed by atoms with Gasteiger partial charge in [0.15, 0.2) is 11.6 Å². The zero-order valence-corrected chi connectivity index (χ0v) is 14.5. The molecule has 9 heteroatoms. The summed E-state index contributed by atoms with van der Waals surface area (Å²) < 4.78 is 20.3. The van der Waals surface area contributed by atoms with Crippen LogP contribution in [0.1, 0.15) is 0 Å². The predicted octanol–water partition coefficient (Wildman–Crippen LogP) is 2.99. The standard InChI is InChI=1S/C16H14ClFN4O2S/c17-11-5-7-12(8-6-11)22-16(19-20-21-22)25-10-13(23)9-24-15-4-2-1-3-14(15)18/h1-8,13,23H,9-10H2/t13-/m0/s1. The molecule has 0 amide bonds.